The Bertz CT molecular complexity index is 1190. The molecule has 0 radical (unpaired) electrons. The highest BCUT2D eigenvalue weighted by molar-refractivity contribution is 6.46. The Morgan fingerprint density at radius 3 is 2.42 bits per heavy atom. The number of Topliss-reactive ketones (excluding diaryl/α,β-unsaturated/α-hetero) is 1. The van der Waals surface area contributed by atoms with Gasteiger partial charge in [-0.15, -0.1) is 0 Å². The number of aliphatic hydroxyl groups excluding tert-OH is 1. The zero-order valence-electron chi connectivity index (χ0n) is 18.4. The second kappa shape index (κ2) is 9.56. The van der Waals surface area contributed by atoms with Gasteiger partial charge in [0, 0.05) is 24.5 Å². The summed E-state index contributed by atoms with van der Waals surface area (Å²) >= 11 is 0. The van der Waals surface area contributed by atoms with E-state index in [4.69, 9.17) is 9.47 Å². The fraction of sp³-hybridized carbons (Fsp3) is 0.192. The summed E-state index contributed by atoms with van der Waals surface area (Å²) in [5.74, 6) is -0.435. The van der Waals surface area contributed by atoms with Gasteiger partial charge in [0.1, 0.15) is 17.3 Å². The van der Waals surface area contributed by atoms with E-state index in [1.54, 1.807) is 80.2 Å². The second-order valence-electron chi connectivity index (χ2n) is 7.52. The van der Waals surface area contributed by atoms with E-state index < -0.39 is 17.7 Å². The van der Waals surface area contributed by atoms with Crippen LogP contribution in [0.2, 0.25) is 0 Å². The van der Waals surface area contributed by atoms with E-state index >= 15 is 0 Å². The summed E-state index contributed by atoms with van der Waals surface area (Å²) in [6.07, 6.45) is 3.26. The average Bonchev–Trinajstić information content (AvgIpc) is 3.09. The normalized spacial score (nSPS) is 17.3. The van der Waals surface area contributed by atoms with Gasteiger partial charge in [-0.25, -0.2) is 0 Å². The van der Waals surface area contributed by atoms with Crippen LogP contribution in [0.5, 0.6) is 11.5 Å². The lowest BCUT2D eigenvalue weighted by atomic mass is 9.95. The minimum atomic E-state index is -0.764. The molecule has 1 N–H and O–H groups in total. The SMILES string of the molecule is CCOc1cccc(/C(O)=C2\C(=O)C(=O)N(Cc3ccncc3)C2c2ccc(OC)cc2)c1. The van der Waals surface area contributed by atoms with Crippen molar-refractivity contribution in [3.8, 4) is 11.5 Å². The van der Waals surface area contributed by atoms with Gasteiger partial charge in [0.15, 0.2) is 0 Å². The van der Waals surface area contributed by atoms with Crippen LogP contribution in [0.25, 0.3) is 5.76 Å². The summed E-state index contributed by atoms with van der Waals surface area (Å²) in [4.78, 5) is 31.7. The van der Waals surface area contributed by atoms with Crippen molar-refractivity contribution < 1.29 is 24.2 Å². The third-order valence-corrected chi connectivity index (χ3v) is 5.49. The molecule has 1 saturated heterocycles. The lowest BCUT2D eigenvalue weighted by Crippen LogP contribution is -2.29. The predicted octanol–water partition coefficient (Wildman–Crippen LogP) is 4.11. The summed E-state index contributed by atoms with van der Waals surface area (Å²) in [7, 11) is 1.57. The maximum atomic E-state index is 13.2. The number of benzene rings is 2. The van der Waals surface area contributed by atoms with Gasteiger partial charge < -0.3 is 19.5 Å². The third kappa shape index (κ3) is 4.43. The third-order valence-electron chi connectivity index (χ3n) is 5.49. The highest BCUT2D eigenvalue weighted by Crippen LogP contribution is 2.41. The van der Waals surface area contributed by atoms with Crippen molar-refractivity contribution in [2.45, 2.75) is 19.5 Å². The van der Waals surface area contributed by atoms with Crippen LogP contribution in [0.1, 0.15) is 29.7 Å². The lowest BCUT2D eigenvalue weighted by molar-refractivity contribution is -0.140. The van der Waals surface area contributed by atoms with Gasteiger partial charge in [-0.1, -0.05) is 24.3 Å². The summed E-state index contributed by atoms with van der Waals surface area (Å²) in [5, 5.41) is 11.2. The van der Waals surface area contributed by atoms with E-state index in [1.807, 2.05) is 6.92 Å². The van der Waals surface area contributed by atoms with Crippen LogP contribution >= 0.6 is 0 Å². The number of carbonyl (C=O) groups is 2. The molecule has 2 aromatic carbocycles. The number of methoxy groups -OCH3 is 1. The van der Waals surface area contributed by atoms with E-state index in [2.05, 4.69) is 4.98 Å². The van der Waals surface area contributed by atoms with Gasteiger partial charge in [0.25, 0.3) is 11.7 Å². The molecule has 1 unspecified atom stereocenters. The van der Waals surface area contributed by atoms with Gasteiger partial charge in [0.2, 0.25) is 0 Å². The molecule has 4 rings (SSSR count). The van der Waals surface area contributed by atoms with Crippen LogP contribution in [0, 0.1) is 0 Å². The Hall–Kier alpha value is -4.13. The number of rotatable bonds is 7. The van der Waals surface area contributed by atoms with Gasteiger partial charge in [-0.2, -0.15) is 0 Å². The first-order chi connectivity index (χ1) is 16.0. The molecule has 7 heteroatoms. The quantitative estimate of drug-likeness (QED) is 0.335. The van der Waals surface area contributed by atoms with Crippen LogP contribution in [-0.2, 0) is 16.1 Å². The molecule has 1 atom stereocenters. The molecule has 0 saturated carbocycles. The monoisotopic (exact) mass is 444 g/mol. The van der Waals surface area contributed by atoms with Crippen molar-refractivity contribution in [3.63, 3.8) is 0 Å². The van der Waals surface area contributed by atoms with Crippen molar-refractivity contribution in [1.82, 2.24) is 9.88 Å². The molecule has 33 heavy (non-hydrogen) atoms. The van der Waals surface area contributed by atoms with Crippen LogP contribution in [0.4, 0.5) is 0 Å². The number of likely N-dealkylation sites (tertiary alicyclic amines) is 1. The second-order valence-corrected chi connectivity index (χ2v) is 7.52. The Morgan fingerprint density at radius 1 is 1.03 bits per heavy atom. The maximum Gasteiger partial charge on any atom is 0.295 e. The minimum Gasteiger partial charge on any atom is -0.507 e. The zero-order chi connectivity index (χ0) is 23.4. The minimum absolute atomic E-state index is 0.0351. The fourth-order valence-electron chi connectivity index (χ4n) is 3.92. The highest BCUT2D eigenvalue weighted by atomic mass is 16.5. The van der Waals surface area contributed by atoms with Crippen molar-refractivity contribution in [2.75, 3.05) is 13.7 Å². The summed E-state index contributed by atoms with van der Waals surface area (Å²) in [5.41, 5.74) is 1.95. The molecule has 0 spiro atoms. The Labute approximate surface area is 191 Å². The smallest absolute Gasteiger partial charge is 0.295 e. The summed E-state index contributed by atoms with van der Waals surface area (Å²) < 4.78 is 10.8. The first kappa shape index (κ1) is 22.1. The number of hydrogen-bond acceptors (Lipinski definition) is 6. The number of aromatic nitrogens is 1. The first-order valence-corrected chi connectivity index (χ1v) is 10.6. The Kier molecular flexibility index (Phi) is 6.40. The standard InChI is InChI=1S/C26H24N2O5/c1-3-33-21-6-4-5-19(15-21)24(29)22-23(18-7-9-20(32-2)10-8-18)28(26(31)25(22)30)16-17-11-13-27-14-12-17/h4-15,23,29H,3,16H2,1-2H3/b24-22+. The van der Waals surface area contributed by atoms with Crippen LogP contribution in [-0.4, -0.2) is 40.4 Å². The van der Waals surface area contributed by atoms with E-state index in [-0.39, 0.29) is 17.9 Å². The number of carbonyl (C=O) groups excluding carboxylic acids is 2. The lowest BCUT2D eigenvalue weighted by Gasteiger charge is -2.25. The van der Waals surface area contributed by atoms with Crippen molar-refractivity contribution >= 4 is 17.4 Å². The number of nitrogens with zero attached hydrogens (tertiary/aromatic N) is 2. The number of aliphatic hydroxyl groups is 1. The molecule has 0 bridgehead atoms. The first-order valence-electron chi connectivity index (χ1n) is 10.6. The van der Waals surface area contributed by atoms with Crippen molar-refractivity contribution in [1.29, 1.82) is 0 Å². The number of pyridine rings is 1. The molecular weight excluding hydrogens is 420 g/mol. The van der Waals surface area contributed by atoms with Crippen LogP contribution < -0.4 is 9.47 Å². The number of ether oxygens (including phenoxy) is 2. The van der Waals surface area contributed by atoms with Gasteiger partial charge >= 0.3 is 0 Å². The van der Waals surface area contributed by atoms with E-state index in [0.29, 0.717) is 29.2 Å². The molecule has 0 aliphatic carbocycles. The molecule has 168 valence electrons. The number of amides is 1. The zero-order valence-corrected chi connectivity index (χ0v) is 18.4. The largest absolute Gasteiger partial charge is 0.507 e. The Balaban J connectivity index is 1.84. The predicted molar refractivity (Wildman–Crippen MR) is 123 cm³/mol. The number of ketones is 1. The highest BCUT2D eigenvalue weighted by Gasteiger charge is 2.46. The Morgan fingerprint density at radius 2 is 1.76 bits per heavy atom. The average molecular weight is 444 g/mol. The van der Waals surface area contributed by atoms with Crippen molar-refractivity contribution in [3.05, 3.63) is 95.3 Å². The van der Waals surface area contributed by atoms with Gasteiger partial charge in [0.05, 0.1) is 25.3 Å². The van der Waals surface area contributed by atoms with Gasteiger partial charge in [-0.05, 0) is 54.4 Å². The van der Waals surface area contributed by atoms with Crippen molar-refractivity contribution in [2.24, 2.45) is 0 Å². The summed E-state index contributed by atoms with van der Waals surface area (Å²) in [6, 6.07) is 16.7. The van der Waals surface area contributed by atoms with Gasteiger partial charge in [-0.3, -0.25) is 14.6 Å². The van der Waals surface area contributed by atoms with E-state index in [0.717, 1.165) is 5.56 Å². The fourth-order valence-corrected chi connectivity index (χ4v) is 3.92. The topological polar surface area (TPSA) is 89.0 Å². The molecule has 1 fully saturated rings. The molecule has 7 nitrogen and oxygen atoms in total. The molecule has 1 aliphatic heterocycles. The van der Waals surface area contributed by atoms with Crippen LogP contribution in [0.15, 0.2) is 78.6 Å². The molecule has 1 amide bonds. The maximum absolute atomic E-state index is 13.2. The molecule has 1 aromatic heterocycles. The number of hydrogen-bond donors (Lipinski definition) is 1. The molecule has 1 aliphatic rings. The summed E-state index contributed by atoms with van der Waals surface area (Å²) in [6.45, 7) is 2.52. The van der Waals surface area contributed by atoms with Crippen LogP contribution in [0.3, 0.4) is 0 Å². The van der Waals surface area contributed by atoms with E-state index in [9.17, 15) is 14.7 Å². The molecular formula is C26H24N2O5. The molecule has 3 aromatic rings. The molecule has 2 heterocycles. The van der Waals surface area contributed by atoms with E-state index in [1.165, 1.54) is 4.90 Å².